The van der Waals surface area contributed by atoms with Crippen molar-refractivity contribution in [3.8, 4) is 5.75 Å². The summed E-state index contributed by atoms with van der Waals surface area (Å²) in [4.78, 5) is 4.47. The first-order valence-electron chi connectivity index (χ1n) is 4.48. The third-order valence-corrected chi connectivity index (χ3v) is 3.91. The Morgan fingerprint density at radius 2 is 2.20 bits per heavy atom. The van der Waals surface area contributed by atoms with Gasteiger partial charge in [0.05, 0.1) is 10.8 Å². The molecular formula is C10H9BrINOS. The fourth-order valence-corrected chi connectivity index (χ4v) is 3.57. The number of rotatable bonds is 2. The van der Waals surface area contributed by atoms with Crippen molar-refractivity contribution in [2.45, 2.75) is 20.0 Å². The van der Waals surface area contributed by atoms with Gasteiger partial charge in [-0.05, 0) is 48.6 Å². The van der Waals surface area contributed by atoms with E-state index in [2.05, 4.69) is 49.6 Å². The van der Waals surface area contributed by atoms with Crippen LogP contribution in [-0.4, -0.2) is 11.1 Å². The molecule has 1 aromatic carbocycles. The zero-order valence-corrected chi connectivity index (χ0v) is 12.8. The highest BCUT2D eigenvalue weighted by atomic mass is 127. The molecule has 0 N–H and O–H groups in total. The summed E-state index contributed by atoms with van der Waals surface area (Å²) < 4.78 is 8.96. The maximum absolute atomic E-state index is 5.73. The van der Waals surface area contributed by atoms with Crippen LogP contribution in [0.5, 0.6) is 5.75 Å². The Labute approximate surface area is 114 Å². The fourth-order valence-electron chi connectivity index (χ4n) is 1.28. The van der Waals surface area contributed by atoms with Crippen molar-refractivity contribution in [2.75, 3.05) is 0 Å². The molecule has 0 spiro atoms. The van der Waals surface area contributed by atoms with E-state index in [0.29, 0.717) is 0 Å². The molecule has 0 unspecified atom stereocenters. The lowest BCUT2D eigenvalue weighted by atomic mass is 10.3. The smallest absolute Gasteiger partial charge is 0.155 e. The number of fused-ring (bicyclic) bond motifs is 1. The molecule has 2 aromatic rings. The number of thiazole rings is 1. The molecule has 5 heteroatoms. The molecule has 0 aliphatic heterocycles. The fraction of sp³-hybridized carbons (Fsp3) is 0.300. The first kappa shape index (κ1) is 11.6. The number of hydrogen-bond donors (Lipinski definition) is 0. The molecule has 1 aromatic heterocycles. The van der Waals surface area contributed by atoms with E-state index >= 15 is 0 Å². The normalized spacial score (nSPS) is 11.3. The molecule has 80 valence electrons. The van der Waals surface area contributed by atoms with Crippen LogP contribution in [0.2, 0.25) is 0 Å². The van der Waals surface area contributed by atoms with E-state index in [0.717, 1.165) is 23.5 Å². The van der Waals surface area contributed by atoms with Gasteiger partial charge < -0.3 is 4.74 Å². The van der Waals surface area contributed by atoms with Crippen LogP contribution < -0.4 is 4.74 Å². The number of nitrogens with zero attached hydrogens (tertiary/aromatic N) is 1. The summed E-state index contributed by atoms with van der Waals surface area (Å²) in [6.45, 7) is 4.04. The van der Waals surface area contributed by atoms with Crippen LogP contribution in [-0.2, 0) is 0 Å². The maximum atomic E-state index is 5.73. The van der Waals surface area contributed by atoms with Crippen molar-refractivity contribution >= 4 is 60.1 Å². The van der Waals surface area contributed by atoms with Gasteiger partial charge >= 0.3 is 0 Å². The molecule has 2 nitrogen and oxygen atoms in total. The summed E-state index contributed by atoms with van der Waals surface area (Å²) in [6.07, 6.45) is 0.168. The summed E-state index contributed by atoms with van der Waals surface area (Å²) in [5, 5.41) is 0. The predicted octanol–water partition coefficient (Wildman–Crippen LogP) is 4.45. The standard InChI is InChI=1S/C10H9BrINOS/c1-5(2)14-7-3-6(11)4-8-9(7)13-10(12)15-8/h3-5H,1-2H3. The lowest BCUT2D eigenvalue weighted by Gasteiger charge is -2.10. The highest BCUT2D eigenvalue weighted by Crippen LogP contribution is 2.34. The summed E-state index contributed by atoms with van der Waals surface area (Å²) in [7, 11) is 0. The van der Waals surface area contributed by atoms with Gasteiger partial charge in [-0.2, -0.15) is 0 Å². The van der Waals surface area contributed by atoms with E-state index in [9.17, 15) is 0 Å². The second kappa shape index (κ2) is 4.55. The molecule has 0 saturated carbocycles. The van der Waals surface area contributed by atoms with Gasteiger partial charge in [-0.15, -0.1) is 11.3 Å². The zero-order valence-electron chi connectivity index (χ0n) is 8.25. The van der Waals surface area contributed by atoms with Gasteiger partial charge in [0.25, 0.3) is 0 Å². The van der Waals surface area contributed by atoms with Crippen LogP contribution >= 0.6 is 49.9 Å². The van der Waals surface area contributed by atoms with Gasteiger partial charge in [-0.25, -0.2) is 4.98 Å². The molecule has 1 heterocycles. The molecule has 0 amide bonds. The van der Waals surface area contributed by atoms with Crippen LogP contribution in [0.1, 0.15) is 13.8 Å². The number of halogens is 2. The van der Waals surface area contributed by atoms with Crippen molar-refractivity contribution in [3.63, 3.8) is 0 Å². The highest BCUT2D eigenvalue weighted by Gasteiger charge is 2.10. The van der Waals surface area contributed by atoms with Crippen molar-refractivity contribution in [2.24, 2.45) is 0 Å². The van der Waals surface area contributed by atoms with Crippen LogP contribution in [0.15, 0.2) is 16.6 Å². The summed E-state index contributed by atoms with van der Waals surface area (Å²) in [6, 6.07) is 4.04. The van der Waals surface area contributed by atoms with Gasteiger partial charge in [0, 0.05) is 4.47 Å². The summed E-state index contributed by atoms with van der Waals surface area (Å²) in [5.41, 5.74) is 0.960. The topological polar surface area (TPSA) is 22.1 Å². The van der Waals surface area contributed by atoms with E-state index in [1.54, 1.807) is 11.3 Å². The van der Waals surface area contributed by atoms with Crippen molar-refractivity contribution in [1.82, 2.24) is 4.98 Å². The molecular weight excluding hydrogens is 389 g/mol. The van der Waals surface area contributed by atoms with E-state index in [1.807, 2.05) is 19.9 Å². The molecule has 0 atom stereocenters. The summed E-state index contributed by atoms with van der Waals surface area (Å²) >= 11 is 7.38. The minimum Gasteiger partial charge on any atom is -0.489 e. The Hall–Kier alpha value is 0.120. The summed E-state index contributed by atoms with van der Waals surface area (Å²) in [5.74, 6) is 0.855. The minimum absolute atomic E-state index is 0.168. The van der Waals surface area contributed by atoms with Crippen LogP contribution in [0.3, 0.4) is 0 Å². The van der Waals surface area contributed by atoms with Gasteiger partial charge in [0.2, 0.25) is 0 Å². The highest BCUT2D eigenvalue weighted by molar-refractivity contribution is 14.1. The maximum Gasteiger partial charge on any atom is 0.155 e. The Balaban J connectivity index is 2.59. The molecule has 0 bridgehead atoms. The van der Waals surface area contributed by atoms with E-state index in [4.69, 9.17) is 4.74 Å². The molecule has 0 aliphatic carbocycles. The number of ether oxygens (including phenoxy) is 1. The van der Waals surface area contributed by atoms with E-state index in [1.165, 1.54) is 0 Å². The predicted molar refractivity (Wildman–Crippen MR) is 75.8 cm³/mol. The Morgan fingerprint density at radius 1 is 1.47 bits per heavy atom. The third kappa shape index (κ3) is 2.62. The minimum atomic E-state index is 0.168. The van der Waals surface area contributed by atoms with Crippen molar-refractivity contribution in [1.29, 1.82) is 0 Å². The van der Waals surface area contributed by atoms with Gasteiger partial charge in [-0.3, -0.25) is 0 Å². The Bertz CT molecular complexity index is 497. The van der Waals surface area contributed by atoms with Crippen molar-refractivity contribution < 1.29 is 4.74 Å². The zero-order chi connectivity index (χ0) is 11.0. The average Bonchev–Trinajstić information content (AvgIpc) is 2.44. The SMILES string of the molecule is CC(C)Oc1cc(Br)cc2sc(I)nc12. The Kier molecular flexibility index (Phi) is 3.52. The van der Waals surface area contributed by atoms with Gasteiger partial charge in [0.15, 0.2) is 3.01 Å². The molecule has 0 radical (unpaired) electrons. The monoisotopic (exact) mass is 397 g/mol. The second-order valence-electron chi connectivity index (χ2n) is 3.38. The van der Waals surface area contributed by atoms with Gasteiger partial charge in [0.1, 0.15) is 11.3 Å². The van der Waals surface area contributed by atoms with Crippen LogP contribution in [0.4, 0.5) is 0 Å². The van der Waals surface area contributed by atoms with E-state index in [-0.39, 0.29) is 6.10 Å². The Morgan fingerprint density at radius 3 is 2.87 bits per heavy atom. The number of hydrogen-bond acceptors (Lipinski definition) is 3. The van der Waals surface area contributed by atoms with Crippen LogP contribution in [0.25, 0.3) is 10.2 Å². The quantitative estimate of drug-likeness (QED) is 0.698. The lowest BCUT2D eigenvalue weighted by Crippen LogP contribution is -2.05. The second-order valence-corrected chi connectivity index (χ2v) is 7.08. The molecule has 0 aliphatic rings. The largest absolute Gasteiger partial charge is 0.489 e. The average molecular weight is 398 g/mol. The number of benzene rings is 1. The van der Waals surface area contributed by atoms with Gasteiger partial charge in [-0.1, -0.05) is 15.9 Å². The first-order valence-corrected chi connectivity index (χ1v) is 7.17. The van der Waals surface area contributed by atoms with Crippen LogP contribution in [0, 0.1) is 3.01 Å². The molecule has 2 rings (SSSR count). The molecule has 0 fully saturated rings. The third-order valence-electron chi connectivity index (χ3n) is 1.76. The first-order chi connectivity index (χ1) is 7.06. The molecule has 0 saturated heterocycles. The van der Waals surface area contributed by atoms with E-state index < -0.39 is 0 Å². The molecule has 15 heavy (non-hydrogen) atoms. The number of aromatic nitrogens is 1. The lowest BCUT2D eigenvalue weighted by molar-refractivity contribution is 0.245. The van der Waals surface area contributed by atoms with Crippen molar-refractivity contribution in [3.05, 3.63) is 19.6 Å².